The van der Waals surface area contributed by atoms with Gasteiger partial charge in [-0.2, -0.15) is 13.2 Å². The maximum atomic E-state index is 13.0. The molecule has 2 heterocycles. The summed E-state index contributed by atoms with van der Waals surface area (Å²) in [6.07, 6.45) is -1.99. The van der Waals surface area contributed by atoms with Crippen molar-refractivity contribution in [1.29, 1.82) is 0 Å². The monoisotopic (exact) mass is 353 g/mol. The minimum Gasteiger partial charge on any atom is -0.295 e. The van der Waals surface area contributed by atoms with E-state index in [0.717, 1.165) is 37.6 Å². The first-order chi connectivity index (χ1) is 11.0. The summed E-state index contributed by atoms with van der Waals surface area (Å²) < 4.78 is 39.1. The van der Waals surface area contributed by atoms with Gasteiger partial charge in [0.2, 0.25) is 0 Å². The van der Waals surface area contributed by atoms with Gasteiger partial charge in [-0.25, -0.2) is 0 Å². The van der Waals surface area contributed by atoms with Crippen molar-refractivity contribution >= 4 is 12.4 Å². The van der Waals surface area contributed by atoms with Gasteiger partial charge in [0.1, 0.15) is 0 Å². The van der Waals surface area contributed by atoms with E-state index in [0.29, 0.717) is 6.04 Å². The lowest BCUT2D eigenvalue weighted by Crippen LogP contribution is -2.34. The molecular formula is C19H19ClF3N. The van der Waals surface area contributed by atoms with E-state index in [1.807, 2.05) is 18.2 Å². The first-order valence-electron chi connectivity index (χ1n) is 8.04. The van der Waals surface area contributed by atoms with Crippen molar-refractivity contribution in [2.24, 2.45) is 0 Å². The lowest BCUT2D eigenvalue weighted by molar-refractivity contribution is -0.137. The van der Waals surface area contributed by atoms with Gasteiger partial charge in [-0.1, -0.05) is 42.5 Å². The van der Waals surface area contributed by atoms with Gasteiger partial charge < -0.3 is 0 Å². The molecule has 1 saturated heterocycles. The Bertz CT molecular complexity index is 729. The molecule has 2 aromatic rings. The van der Waals surface area contributed by atoms with Crippen LogP contribution in [0.25, 0.3) is 0 Å². The van der Waals surface area contributed by atoms with Gasteiger partial charge in [-0.05, 0) is 42.1 Å². The molecule has 0 spiro atoms. The van der Waals surface area contributed by atoms with Gasteiger partial charge in [-0.15, -0.1) is 12.4 Å². The van der Waals surface area contributed by atoms with E-state index in [1.54, 1.807) is 0 Å². The van der Waals surface area contributed by atoms with Crippen LogP contribution >= 0.6 is 12.4 Å². The number of fused-ring (bicyclic) bond motifs is 3. The number of rotatable bonds is 1. The van der Waals surface area contributed by atoms with Crippen molar-refractivity contribution in [3.63, 3.8) is 0 Å². The Morgan fingerprint density at radius 1 is 0.958 bits per heavy atom. The van der Waals surface area contributed by atoms with Gasteiger partial charge in [0, 0.05) is 18.5 Å². The SMILES string of the molecule is Cl.FC(F)(F)c1cccc([C@@H]2CN3CCC[C@H]3c3ccccc32)c1. The molecule has 0 unspecified atom stereocenters. The summed E-state index contributed by atoms with van der Waals surface area (Å²) in [5, 5.41) is 0. The van der Waals surface area contributed by atoms with Crippen molar-refractivity contribution in [3.05, 3.63) is 70.8 Å². The molecule has 0 radical (unpaired) electrons. The Kier molecular flexibility index (Phi) is 4.63. The Morgan fingerprint density at radius 2 is 1.71 bits per heavy atom. The van der Waals surface area contributed by atoms with E-state index in [-0.39, 0.29) is 18.3 Å². The van der Waals surface area contributed by atoms with Gasteiger partial charge in [-0.3, -0.25) is 4.90 Å². The van der Waals surface area contributed by atoms with Crippen LogP contribution in [-0.4, -0.2) is 18.0 Å². The highest BCUT2D eigenvalue weighted by Gasteiger charge is 2.37. The van der Waals surface area contributed by atoms with E-state index in [2.05, 4.69) is 17.0 Å². The largest absolute Gasteiger partial charge is 0.416 e. The maximum absolute atomic E-state index is 13.0. The molecule has 0 bridgehead atoms. The fourth-order valence-corrected chi connectivity index (χ4v) is 4.08. The van der Waals surface area contributed by atoms with E-state index in [9.17, 15) is 13.2 Å². The minimum atomic E-state index is -4.29. The van der Waals surface area contributed by atoms with Gasteiger partial charge in [0.15, 0.2) is 0 Å². The Balaban J connectivity index is 0.00000169. The lowest BCUT2D eigenvalue weighted by Gasteiger charge is -2.37. The molecule has 1 fully saturated rings. The predicted octanol–water partition coefficient (Wildman–Crippen LogP) is 5.41. The summed E-state index contributed by atoms with van der Waals surface area (Å²) in [5.74, 6) is 0.0165. The van der Waals surface area contributed by atoms with Crippen molar-refractivity contribution in [1.82, 2.24) is 4.90 Å². The second kappa shape index (κ2) is 6.41. The average Bonchev–Trinajstić information content (AvgIpc) is 3.02. The molecule has 0 amide bonds. The minimum absolute atomic E-state index is 0. The molecule has 2 aromatic carbocycles. The van der Waals surface area contributed by atoms with Crippen LogP contribution in [0, 0.1) is 0 Å². The number of hydrogen-bond donors (Lipinski definition) is 0. The van der Waals surface area contributed by atoms with Crippen LogP contribution in [0.15, 0.2) is 48.5 Å². The summed E-state index contributed by atoms with van der Waals surface area (Å²) in [6, 6.07) is 14.5. The summed E-state index contributed by atoms with van der Waals surface area (Å²) in [4.78, 5) is 2.42. The number of alkyl halides is 3. The topological polar surface area (TPSA) is 3.24 Å². The number of nitrogens with zero attached hydrogens (tertiary/aromatic N) is 1. The van der Waals surface area contributed by atoms with E-state index < -0.39 is 11.7 Å². The summed E-state index contributed by atoms with van der Waals surface area (Å²) >= 11 is 0. The zero-order chi connectivity index (χ0) is 16.0. The average molecular weight is 354 g/mol. The van der Waals surface area contributed by atoms with Gasteiger partial charge in [0.05, 0.1) is 5.56 Å². The van der Waals surface area contributed by atoms with E-state index >= 15 is 0 Å². The molecular weight excluding hydrogens is 335 g/mol. The molecule has 2 aliphatic rings. The standard InChI is InChI=1S/C19H18F3N.ClH/c20-19(21,22)14-6-3-5-13(11-14)17-12-23-10-4-9-18(23)16-8-2-1-7-15(16)17;/h1-3,5-8,11,17-18H,4,9-10,12H2;1H/t17-,18-;/m0./s1. The molecule has 0 saturated carbocycles. The lowest BCUT2D eigenvalue weighted by atomic mass is 9.81. The highest BCUT2D eigenvalue weighted by molar-refractivity contribution is 5.85. The zero-order valence-electron chi connectivity index (χ0n) is 13.1. The number of hydrogen-bond acceptors (Lipinski definition) is 1. The van der Waals surface area contributed by atoms with Crippen molar-refractivity contribution in [2.45, 2.75) is 31.0 Å². The third-order valence-corrected chi connectivity index (χ3v) is 5.13. The highest BCUT2D eigenvalue weighted by atomic mass is 35.5. The Morgan fingerprint density at radius 3 is 2.46 bits per heavy atom. The van der Waals surface area contributed by atoms with Crippen LogP contribution in [0.4, 0.5) is 13.2 Å². The summed E-state index contributed by atoms with van der Waals surface area (Å²) in [5.41, 5.74) is 2.68. The van der Waals surface area contributed by atoms with E-state index in [1.165, 1.54) is 23.3 Å². The van der Waals surface area contributed by atoms with Crippen molar-refractivity contribution in [3.8, 4) is 0 Å². The molecule has 4 rings (SSSR count). The van der Waals surface area contributed by atoms with Crippen LogP contribution in [0.3, 0.4) is 0 Å². The smallest absolute Gasteiger partial charge is 0.295 e. The quantitative estimate of drug-likeness (QED) is 0.662. The molecule has 0 aliphatic carbocycles. The second-order valence-electron chi connectivity index (χ2n) is 6.46. The summed E-state index contributed by atoms with van der Waals surface area (Å²) in [6.45, 7) is 1.84. The first-order valence-corrected chi connectivity index (χ1v) is 8.04. The normalized spacial score (nSPS) is 23.3. The van der Waals surface area contributed by atoms with Crippen LogP contribution < -0.4 is 0 Å². The predicted molar refractivity (Wildman–Crippen MR) is 90.5 cm³/mol. The third-order valence-electron chi connectivity index (χ3n) is 5.13. The van der Waals surface area contributed by atoms with Gasteiger partial charge in [0.25, 0.3) is 0 Å². The van der Waals surface area contributed by atoms with E-state index in [4.69, 9.17) is 0 Å². The molecule has 2 atom stereocenters. The maximum Gasteiger partial charge on any atom is 0.416 e. The Hall–Kier alpha value is -1.52. The molecule has 5 heteroatoms. The molecule has 24 heavy (non-hydrogen) atoms. The molecule has 0 N–H and O–H groups in total. The van der Waals surface area contributed by atoms with Crippen LogP contribution in [-0.2, 0) is 6.18 Å². The molecule has 0 aromatic heterocycles. The van der Waals surface area contributed by atoms with Crippen molar-refractivity contribution < 1.29 is 13.2 Å². The first kappa shape index (κ1) is 17.3. The number of benzene rings is 2. The van der Waals surface area contributed by atoms with Gasteiger partial charge >= 0.3 is 6.18 Å². The third kappa shape index (κ3) is 2.93. The molecule has 128 valence electrons. The molecule has 2 aliphatic heterocycles. The van der Waals surface area contributed by atoms with Crippen LogP contribution in [0.5, 0.6) is 0 Å². The zero-order valence-corrected chi connectivity index (χ0v) is 13.9. The van der Waals surface area contributed by atoms with Crippen LogP contribution in [0.1, 0.15) is 47.1 Å². The van der Waals surface area contributed by atoms with Crippen molar-refractivity contribution in [2.75, 3.05) is 13.1 Å². The number of halogens is 4. The van der Waals surface area contributed by atoms with Crippen LogP contribution in [0.2, 0.25) is 0 Å². The summed E-state index contributed by atoms with van der Waals surface area (Å²) in [7, 11) is 0. The highest BCUT2D eigenvalue weighted by Crippen LogP contribution is 2.44. The fraction of sp³-hybridized carbons (Fsp3) is 0.368. The Labute approximate surface area is 145 Å². The second-order valence-corrected chi connectivity index (χ2v) is 6.46. The fourth-order valence-electron chi connectivity index (χ4n) is 4.08. The molecule has 1 nitrogen and oxygen atoms in total.